The average molecular weight is 371 g/mol. The normalized spacial score (nSPS) is 11.4. The van der Waals surface area contributed by atoms with Crippen molar-refractivity contribution in [3.05, 3.63) is 65.5 Å². The molecule has 0 aliphatic heterocycles. The number of thioether (sulfide) groups is 1. The highest BCUT2D eigenvalue weighted by Gasteiger charge is 2.33. The molecule has 0 aromatic heterocycles. The van der Waals surface area contributed by atoms with E-state index in [-0.39, 0.29) is 30.3 Å². The molecule has 2 rings (SSSR count). The fraction of sp³-hybridized carbons (Fsp3) is 0.278. The lowest BCUT2D eigenvalue weighted by atomic mass is 10.1. The van der Waals surface area contributed by atoms with E-state index in [0.717, 1.165) is 11.0 Å². The molecule has 0 aliphatic rings. The summed E-state index contributed by atoms with van der Waals surface area (Å²) in [5.74, 6) is -0.106. The Morgan fingerprint density at radius 3 is 2.36 bits per heavy atom. The van der Waals surface area contributed by atoms with Crippen molar-refractivity contribution in [2.24, 2.45) is 0 Å². The summed E-state index contributed by atoms with van der Waals surface area (Å²) in [5.41, 5.74) is -0.660. The molecule has 2 aromatic carbocycles. The number of halogens is 4. The van der Waals surface area contributed by atoms with Crippen LogP contribution in [-0.2, 0) is 17.5 Å². The summed E-state index contributed by atoms with van der Waals surface area (Å²) in [6, 6.07) is 11.1. The summed E-state index contributed by atoms with van der Waals surface area (Å²) < 4.78 is 51.8. The van der Waals surface area contributed by atoms with Gasteiger partial charge in [0, 0.05) is 30.7 Å². The fourth-order valence-corrected chi connectivity index (χ4v) is 3.10. The van der Waals surface area contributed by atoms with E-state index < -0.39 is 11.7 Å². The van der Waals surface area contributed by atoms with Crippen molar-refractivity contribution in [1.82, 2.24) is 4.90 Å². The van der Waals surface area contributed by atoms with Crippen molar-refractivity contribution in [2.75, 3.05) is 12.8 Å². The number of amides is 1. The van der Waals surface area contributed by atoms with Crippen LogP contribution in [0.25, 0.3) is 0 Å². The van der Waals surface area contributed by atoms with Gasteiger partial charge in [0.1, 0.15) is 5.82 Å². The standard InChI is InChI=1S/C18H17F4NOS/c1-23(12-13-4-2-3-5-16(13)18(20,21)22)17(24)10-11-25-15-8-6-14(19)7-9-15/h2-9H,10-12H2,1H3. The van der Waals surface area contributed by atoms with Crippen molar-refractivity contribution >= 4 is 17.7 Å². The van der Waals surface area contributed by atoms with Gasteiger partial charge in [-0.15, -0.1) is 11.8 Å². The van der Waals surface area contributed by atoms with Crippen molar-refractivity contribution < 1.29 is 22.4 Å². The Bertz CT molecular complexity index is 716. The number of benzene rings is 2. The van der Waals surface area contributed by atoms with E-state index >= 15 is 0 Å². The summed E-state index contributed by atoms with van der Waals surface area (Å²) in [6.45, 7) is -0.101. The molecule has 0 spiro atoms. The van der Waals surface area contributed by atoms with Crippen molar-refractivity contribution in [2.45, 2.75) is 24.0 Å². The zero-order valence-electron chi connectivity index (χ0n) is 13.5. The summed E-state index contributed by atoms with van der Waals surface area (Å²) in [4.78, 5) is 14.2. The van der Waals surface area contributed by atoms with Gasteiger partial charge in [-0.3, -0.25) is 4.79 Å². The summed E-state index contributed by atoms with van der Waals surface area (Å²) >= 11 is 1.39. The van der Waals surface area contributed by atoms with Crippen LogP contribution in [0.4, 0.5) is 17.6 Å². The minimum absolute atomic E-state index is 0.0667. The van der Waals surface area contributed by atoms with Gasteiger partial charge >= 0.3 is 6.18 Å². The number of hydrogen-bond acceptors (Lipinski definition) is 2. The second-order valence-electron chi connectivity index (χ2n) is 5.46. The first-order chi connectivity index (χ1) is 11.8. The highest BCUT2D eigenvalue weighted by atomic mass is 32.2. The number of nitrogens with zero attached hydrogens (tertiary/aromatic N) is 1. The Hall–Kier alpha value is -2.02. The molecular weight excluding hydrogens is 354 g/mol. The fourth-order valence-electron chi connectivity index (χ4n) is 2.26. The lowest BCUT2D eigenvalue weighted by molar-refractivity contribution is -0.139. The molecule has 134 valence electrons. The molecule has 2 aromatic rings. The van der Waals surface area contributed by atoms with Crippen LogP contribution in [0.1, 0.15) is 17.5 Å². The van der Waals surface area contributed by atoms with Gasteiger partial charge < -0.3 is 4.90 Å². The Balaban J connectivity index is 1.89. The summed E-state index contributed by atoms with van der Waals surface area (Å²) in [7, 11) is 1.48. The van der Waals surface area contributed by atoms with Gasteiger partial charge in [0.25, 0.3) is 0 Å². The van der Waals surface area contributed by atoms with Gasteiger partial charge in [0.2, 0.25) is 5.91 Å². The molecule has 0 saturated heterocycles. The third-order valence-electron chi connectivity index (χ3n) is 3.55. The van der Waals surface area contributed by atoms with Crippen LogP contribution < -0.4 is 0 Å². The Labute approximate surface area is 147 Å². The van der Waals surface area contributed by atoms with Gasteiger partial charge in [-0.05, 0) is 35.9 Å². The van der Waals surface area contributed by atoms with Gasteiger partial charge in [0.15, 0.2) is 0 Å². The largest absolute Gasteiger partial charge is 0.416 e. The van der Waals surface area contributed by atoms with E-state index in [9.17, 15) is 22.4 Å². The monoisotopic (exact) mass is 371 g/mol. The molecule has 0 saturated carbocycles. The maximum Gasteiger partial charge on any atom is 0.416 e. The molecule has 0 bridgehead atoms. The minimum Gasteiger partial charge on any atom is -0.341 e. The second kappa shape index (κ2) is 8.38. The molecule has 25 heavy (non-hydrogen) atoms. The van der Waals surface area contributed by atoms with Crippen LogP contribution in [0.3, 0.4) is 0 Å². The maximum absolute atomic E-state index is 13.0. The van der Waals surface area contributed by atoms with Crippen molar-refractivity contribution in [3.63, 3.8) is 0 Å². The minimum atomic E-state index is -4.45. The van der Waals surface area contributed by atoms with Gasteiger partial charge in [-0.1, -0.05) is 18.2 Å². The van der Waals surface area contributed by atoms with Crippen LogP contribution in [0, 0.1) is 5.82 Å². The molecule has 0 N–H and O–H groups in total. The van der Waals surface area contributed by atoms with Crippen LogP contribution in [0.5, 0.6) is 0 Å². The van der Waals surface area contributed by atoms with Crippen LogP contribution in [-0.4, -0.2) is 23.6 Å². The zero-order valence-corrected chi connectivity index (χ0v) is 14.3. The molecule has 0 fully saturated rings. The van der Waals surface area contributed by atoms with Crippen molar-refractivity contribution in [3.8, 4) is 0 Å². The van der Waals surface area contributed by atoms with E-state index in [1.165, 1.54) is 54.0 Å². The van der Waals surface area contributed by atoms with Gasteiger partial charge in [0.05, 0.1) is 5.56 Å². The van der Waals surface area contributed by atoms with Crippen LogP contribution in [0.15, 0.2) is 53.4 Å². The first-order valence-corrected chi connectivity index (χ1v) is 8.53. The SMILES string of the molecule is CN(Cc1ccccc1C(F)(F)F)C(=O)CCSc1ccc(F)cc1. The zero-order chi connectivity index (χ0) is 18.4. The Kier molecular flexibility index (Phi) is 6.47. The molecule has 0 aliphatic carbocycles. The Morgan fingerprint density at radius 1 is 1.08 bits per heavy atom. The third kappa shape index (κ3) is 5.77. The van der Waals surface area contributed by atoms with E-state index in [2.05, 4.69) is 0 Å². The molecule has 2 nitrogen and oxygen atoms in total. The lowest BCUT2D eigenvalue weighted by Gasteiger charge is -2.20. The van der Waals surface area contributed by atoms with E-state index in [0.29, 0.717) is 5.75 Å². The molecule has 0 unspecified atom stereocenters. The first-order valence-electron chi connectivity index (χ1n) is 7.55. The molecule has 1 amide bonds. The van der Waals surface area contributed by atoms with E-state index in [1.54, 1.807) is 12.1 Å². The molecule has 0 radical (unpaired) electrons. The first kappa shape index (κ1) is 19.3. The Morgan fingerprint density at radius 2 is 1.72 bits per heavy atom. The number of hydrogen-bond donors (Lipinski definition) is 0. The highest BCUT2D eigenvalue weighted by Crippen LogP contribution is 2.32. The summed E-state index contributed by atoms with van der Waals surface area (Å²) in [5, 5.41) is 0. The van der Waals surface area contributed by atoms with Crippen molar-refractivity contribution in [1.29, 1.82) is 0 Å². The molecule has 0 heterocycles. The highest BCUT2D eigenvalue weighted by molar-refractivity contribution is 7.99. The number of carbonyl (C=O) groups is 1. The molecule has 0 atom stereocenters. The quantitative estimate of drug-likeness (QED) is 0.527. The predicted octanol–water partition coefficient (Wildman–Crippen LogP) is 4.99. The molecule has 7 heteroatoms. The summed E-state index contributed by atoms with van der Waals surface area (Å²) in [6.07, 6.45) is -4.26. The maximum atomic E-state index is 13.0. The lowest BCUT2D eigenvalue weighted by Crippen LogP contribution is -2.27. The predicted molar refractivity (Wildman–Crippen MR) is 89.7 cm³/mol. The number of carbonyl (C=O) groups excluding carboxylic acids is 1. The van der Waals surface area contributed by atoms with E-state index in [1.807, 2.05) is 0 Å². The van der Waals surface area contributed by atoms with Crippen LogP contribution >= 0.6 is 11.8 Å². The van der Waals surface area contributed by atoms with Gasteiger partial charge in [-0.25, -0.2) is 4.39 Å². The average Bonchev–Trinajstić information content (AvgIpc) is 2.56. The topological polar surface area (TPSA) is 20.3 Å². The van der Waals surface area contributed by atoms with E-state index in [4.69, 9.17) is 0 Å². The molecular formula is C18H17F4NOS. The van der Waals surface area contributed by atoms with Gasteiger partial charge in [-0.2, -0.15) is 13.2 Å². The number of alkyl halides is 3. The number of rotatable bonds is 6. The second-order valence-corrected chi connectivity index (χ2v) is 6.63. The third-order valence-corrected chi connectivity index (χ3v) is 4.57. The van der Waals surface area contributed by atoms with Crippen LogP contribution in [0.2, 0.25) is 0 Å². The smallest absolute Gasteiger partial charge is 0.341 e.